The van der Waals surface area contributed by atoms with Crippen molar-refractivity contribution in [2.75, 3.05) is 20.4 Å². The Labute approximate surface area is 146 Å². The lowest BCUT2D eigenvalue weighted by Gasteiger charge is -2.08. The molecule has 2 aromatic carbocycles. The summed E-state index contributed by atoms with van der Waals surface area (Å²) in [7, 11) is 3.75. The number of nitrogens with one attached hydrogen (secondary N) is 1. The Hall–Kier alpha value is -2.11. The molecule has 0 fully saturated rings. The van der Waals surface area contributed by atoms with Crippen LogP contribution in [0.25, 0.3) is 16.9 Å². The molecule has 0 bridgehead atoms. The predicted octanol–water partition coefficient (Wildman–Crippen LogP) is 4.54. The third-order valence-electron chi connectivity index (χ3n) is 3.29. The molecule has 0 saturated heterocycles. The quantitative estimate of drug-likeness (QED) is 0.708. The normalized spacial score (nSPS) is 10.2. The van der Waals surface area contributed by atoms with Crippen LogP contribution in [0.3, 0.4) is 0 Å². The van der Waals surface area contributed by atoms with Gasteiger partial charge in [-0.15, -0.1) is 11.8 Å². The van der Waals surface area contributed by atoms with Gasteiger partial charge in [0.25, 0.3) is 0 Å². The maximum absolute atomic E-state index is 13.1. The molecule has 3 nitrogen and oxygen atoms in total. The fourth-order valence-electron chi connectivity index (χ4n) is 2.25. The second-order valence-corrected chi connectivity index (χ2v) is 6.17. The maximum atomic E-state index is 13.1. The molecule has 0 saturated carbocycles. The molecule has 0 aliphatic heterocycles. The van der Waals surface area contributed by atoms with Crippen molar-refractivity contribution in [1.29, 1.82) is 0 Å². The van der Waals surface area contributed by atoms with Gasteiger partial charge in [0.15, 0.2) is 0 Å². The molecule has 0 radical (unpaired) electrons. The summed E-state index contributed by atoms with van der Waals surface area (Å²) < 4.78 is 14.9. The standard InChI is InChI=1S/C17H15FN2S.C2H7N/c1-12-11-17(13-3-9-16(21-2)10-4-13)20(19-12)15-7-5-14(18)6-8-15;1-3-2/h3-11H,1-2H3;3H,1-2H3. The molecule has 3 rings (SSSR count). The Morgan fingerprint density at radius 3 is 2.12 bits per heavy atom. The zero-order valence-electron chi connectivity index (χ0n) is 14.4. The molecule has 0 atom stereocenters. The third-order valence-corrected chi connectivity index (χ3v) is 4.03. The van der Waals surface area contributed by atoms with Gasteiger partial charge in [-0.2, -0.15) is 5.10 Å². The second-order valence-electron chi connectivity index (χ2n) is 5.29. The monoisotopic (exact) mass is 343 g/mol. The Kier molecular flexibility index (Phi) is 6.58. The minimum absolute atomic E-state index is 0.242. The second kappa shape index (κ2) is 8.66. The summed E-state index contributed by atoms with van der Waals surface area (Å²) in [6, 6.07) is 16.8. The van der Waals surface area contributed by atoms with Gasteiger partial charge in [-0.1, -0.05) is 12.1 Å². The molecule has 0 amide bonds. The largest absolute Gasteiger partial charge is 0.323 e. The van der Waals surface area contributed by atoms with Gasteiger partial charge < -0.3 is 5.32 Å². The smallest absolute Gasteiger partial charge is 0.123 e. The van der Waals surface area contributed by atoms with Gasteiger partial charge in [0.1, 0.15) is 5.82 Å². The summed E-state index contributed by atoms with van der Waals surface area (Å²) in [5.74, 6) is -0.242. The molecular formula is C19H22FN3S. The van der Waals surface area contributed by atoms with Crippen molar-refractivity contribution in [3.05, 3.63) is 66.1 Å². The van der Waals surface area contributed by atoms with Crippen molar-refractivity contribution in [2.45, 2.75) is 11.8 Å². The molecule has 3 aromatic rings. The SMILES string of the molecule is CNC.CSc1ccc(-c2cc(C)nn2-c2ccc(F)cc2)cc1. The Balaban J connectivity index is 0.000000647. The summed E-state index contributed by atoms with van der Waals surface area (Å²) in [5, 5.41) is 7.27. The van der Waals surface area contributed by atoms with Crippen molar-refractivity contribution in [1.82, 2.24) is 15.1 Å². The predicted molar refractivity (Wildman–Crippen MR) is 100 cm³/mol. The first-order valence-corrected chi connectivity index (χ1v) is 8.87. The van der Waals surface area contributed by atoms with E-state index in [1.165, 1.54) is 17.0 Å². The van der Waals surface area contributed by atoms with E-state index in [0.29, 0.717) is 0 Å². The van der Waals surface area contributed by atoms with E-state index in [4.69, 9.17) is 0 Å². The van der Waals surface area contributed by atoms with Crippen LogP contribution in [0, 0.1) is 12.7 Å². The molecule has 24 heavy (non-hydrogen) atoms. The van der Waals surface area contributed by atoms with Gasteiger partial charge >= 0.3 is 0 Å². The topological polar surface area (TPSA) is 29.9 Å². The first-order valence-electron chi connectivity index (χ1n) is 7.64. The minimum atomic E-state index is -0.242. The van der Waals surface area contributed by atoms with Crippen LogP contribution in [0.15, 0.2) is 59.5 Å². The Bertz CT molecular complexity index is 764. The van der Waals surface area contributed by atoms with Crippen LogP contribution >= 0.6 is 11.8 Å². The molecule has 1 N–H and O–H groups in total. The average Bonchev–Trinajstić information content (AvgIpc) is 2.98. The number of benzene rings is 2. The van der Waals surface area contributed by atoms with Crippen molar-refractivity contribution in [2.24, 2.45) is 0 Å². The van der Waals surface area contributed by atoms with Crippen LogP contribution < -0.4 is 5.32 Å². The van der Waals surface area contributed by atoms with Crippen LogP contribution in [-0.2, 0) is 0 Å². The van der Waals surface area contributed by atoms with Crippen LogP contribution in [0.5, 0.6) is 0 Å². The molecule has 5 heteroatoms. The highest BCUT2D eigenvalue weighted by molar-refractivity contribution is 7.98. The first kappa shape index (κ1) is 18.2. The lowest BCUT2D eigenvalue weighted by molar-refractivity contribution is 0.627. The number of rotatable bonds is 3. The van der Waals surface area contributed by atoms with Crippen LogP contribution in [0.1, 0.15) is 5.69 Å². The number of hydrogen-bond donors (Lipinski definition) is 1. The number of aryl methyl sites for hydroxylation is 1. The summed E-state index contributed by atoms with van der Waals surface area (Å²) in [5.41, 5.74) is 3.89. The van der Waals surface area contributed by atoms with E-state index in [0.717, 1.165) is 22.6 Å². The molecule has 1 heterocycles. The number of nitrogens with zero attached hydrogens (tertiary/aromatic N) is 2. The molecule has 0 spiro atoms. The van der Waals surface area contributed by atoms with Gasteiger partial charge in [0.05, 0.1) is 17.1 Å². The minimum Gasteiger partial charge on any atom is -0.323 e. The summed E-state index contributed by atoms with van der Waals surface area (Å²) in [4.78, 5) is 1.23. The number of thioether (sulfide) groups is 1. The van der Waals surface area contributed by atoms with E-state index in [9.17, 15) is 4.39 Å². The van der Waals surface area contributed by atoms with Gasteiger partial charge in [-0.05, 0) is 69.7 Å². The van der Waals surface area contributed by atoms with Gasteiger partial charge in [-0.3, -0.25) is 0 Å². The summed E-state index contributed by atoms with van der Waals surface area (Å²) in [6.45, 7) is 1.96. The summed E-state index contributed by atoms with van der Waals surface area (Å²) in [6.07, 6.45) is 2.06. The first-order chi connectivity index (χ1) is 11.6. The summed E-state index contributed by atoms with van der Waals surface area (Å²) >= 11 is 1.72. The van der Waals surface area contributed by atoms with Crippen molar-refractivity contribution < 1.29 is 4.39 Å². The zero-order chi connectivity index (χ0) is 17.5. The van der Waals surface area contributed by atoms with E-state index >= 15 is 0 Å². The van der Waals surface area contributed by atoms with Gasteiger partial charge in [0.2, 0.25) is 0 Å². The molecular weight excluding hydrogens is 321 g/mol. The fraction of sp³-hybridized carbons (Fsp3) is 0.211. The zero-order valence-corrected chi connectivity index (χ0v) is 15.2. The highest BCUT2D eigenvalue weighted by Gasteiger charge is 2.10. The molecule has 1 aromatic heterocycles. The van der Waals surface area contributed by atoms with Crippen LogP contribution in [0.4, 0.5) is 4.39 Å². The number of aromatic nitrogens is 2. The fourth-order valence-corrected chi connectivity index (χ4v) is 2.65. The van der Waals surface area contributed by atoms with Crippen molar-refractivity contribution in [3.8, 4) is 16.9 Å². The maximum Gasteiger partial charge on any atom is 0.123 e. The van der Waals surface area contributed by atoms with Crippen LogP contribution in [-0.4, -0.2) is 30.1 Å². The number of hydrogen-bond acceptors (Lipinski definition) is 3. The Morgan fingerprint density at radius 2 is 1.58 bits per heavy atom. The van der Waals surface area contributed by atoms with Crippen molar-refractivity contribution in [3.63, 3.8) is 0 Å². The van der Waals surface area contributed by atoms with E-state index in [-0.39, 0.29) is 5.82 Å². The highest BCUT2D eigenvalue weighted by Crippen LogP contribution is 2.26. The molecule has 126 valence electrons. The van der Waals surface area contributed by atoms with E-state index in [1.807, 2.05) is 31.8 Å². The van der Waals surface area contributed by atoms with E-state index in [2.05, 4.69) is 40.9 Å². The van der Waals surface area contributed by atoms with Crippen LogP contribution in [0.2, 0.25) is 0 Å². The molecule has 0 aliphatic rings. The van der Waals surface area contributed by atoms with Crippen molar-refractivity contribution >= 4 is 11.8 Å². The van der Waals surface area contributed by atoms with E-state index < -0.39 is 0 Å². The lowest BCUT2D eigenvalue weighted by Crippen LogP contribution is -1.99. The molecule has 0 aliphatic carbocycles. The Morgan fingerprint density at radius 1 is 1.00 bits per heavy atom. The lowest BCUT2D eigenvalue weighted by atomic mass is 10.1. The van der Waals surface area contributed by atoms with Gasteiger partial charge in [0, 0.05) is 10.5 Å². The van der Waals surface area contributed by atoms with E-state index in [1.54, 1.807) is 23.9 Å². The average molecular weight is 343 g/mol. The number of halogens is 1. The van der Waals surface area contributed by atoms with Gasteiger partial charge in [-0.25, -0.2) is 9.07 Å². The third kappa shape index (κ3) is 4.46. The molecule has 0 unspecified atom stereocenters. The highest BCUT2D eigenvalue weighted by atomic mass is 32.2.